The molecule has 1 saturated heterocycles. The Morgan fingerprint density at radius 2 is 1.94 bits per heavy atom. The van der Waals surface area contributed by atoms with Gasteiger partial charge >= 0.3 is 12.1 Å². The van der Waals surface area contributed by atoms with Gasteiger partial charge in [-0.2, -0.15) is 13.2 Å². The monoisotopic (exact) mass is 475 g/mol. The second-order valence-electron chi connectivity index (χ2n) is 8.88. The molecule has 0 spiro atoms. The van der Waals surface area contributed by atoms with Crippen molar-refractivity contribution in [3.63, 3.8) is 0 Å². The zero-order chi connectivity index (χ0) is 24.3. The first-order valence-electron chi connectivity index (χ1n) is 11.5. The number of anilines is 1. The van der Waals surface area contributed by atoms with Crippen LogP contribution in [0.1, 0.15) is 48.4 Å². The number of esters is 1. The highest BCUT2D eigenvalue weighted by Crippen LogP contribution is 2.37. The average Bonchev–Trinajstić information content (AvgIpc) is 2.85. The van der Waals surface area contributed by atoms with Crippen LogP contribution in [0.4, 0.5) is 19.0 Å². The van der Waals surface area contributed by atoms with Crippen LogP contribution in [-0.2, 0) is 26.9 Å². The fraction of sp³-hybridized carbons (Fsp3) is 0.480. The molecule has 1 aliphatic carbocycles. The summed E-state index contributed by atoms with van der Waals surface area (Å²) in [5, 5.41) is 0. The van der Waals surface area contributed by atoms with Crippen LogP contribution in [0.5, 0.6) is 0 Å². The van der Waals surface area contributed by atoms with Crippen LogP contribution in [0.25, 0.3) is 0 Å². The summed E-state index contributed by atoms with van der Waals surface area (Å²) < 4.78 is 45.5. The fourth-order valence-electron chi connectivity index (χ4n) is 4.89. The van der Waals surface area contributed by atoms with Crippen LogP contribution < -0.4 is 4.90 Å². The lowest BCUT2D eigenvalue weighted by atomic mass is 9.87. The van der Waals surface area contributed by atoms with Crippen LogP contribution in [0.15, 0.2) is 42.6 Å². The zero-order valence-electron chi connectivity index (χ0n) is 19.1. The van der Waals surface area contributed by atoms with E-state index >= 15 is 0 Å². The number of hydrogen-bond donors (Lipinski definition) is 0. The van der Waals surface area contributed by atoms with E-state index in [1.807, 2.05) is 18.2 Å². The average molecular weight is 476 g/mol. The van der Waals surface area contributed by atoms with Crippen molar-refractivity contribution >= 4 is 17.7 Å². The van der Waals surface area contributed by atoms with Crippen molar-refractivity contribution < 1.29 is 27.5 Å². The topological polar surface area (TPSA) is 62.7 Å². The Morgan fingerprint density at radius 1 is 1.15 bits per heavy atom. The Bertz CT molecular complexity index is 1040. The fourth-order valence-corrected chi connectivity index (χ4v) is 4.89. The Hall–Kier alpha value is -3.10. The number of carbonyl (C=O) groups is 2. The number of carbonyl (C=O) groups excluding carboxylic acids is 2. The second-order valence-corrected chi connectivity index (χ2v) is 8.88. The quantitative estimate of drug-likeness (QED) is 0.600. The maximum Gasteiger partial charge on any atom is 0.419 e. The van der Waals surface area contributed by atoms with Crippen molar-refractivity contribution in [3.8, 4) is 0 Å². The van der Waals surface area contributed by atoms with E-state index in [2.05, 4.69) is 11.1 Å². The highest BCUT2D eigenvalue weighted by Gasteiger charge is 2.38. The van der Waals surface area contributed by atoms with Gasteiger partial charge in [0.1, 0.15) is 5.82 Å². The molecule has 2 aliphatic rings. The van der Waals surface area contributed by atoms with Crippen LogP contribution in [0, 0.1) is 5.92 Å². The molecule has 1 fully saturated rings. The van der Waals surface area contributed by atoms with E-state index in [-0.39, 0.29) is 30.9 Å². The third-order valence-electron chi connectivity index (χ3n) is 6.68. The van der Waals surface area contributed by atoms with Crippen molar-refractivity contribution in [3.05, 3.63) is 59.3 Å². The molecule has 1 aromatic heterocycles. The number of likely N-dealkylation sites (N-methyl/N-ethyl adjacent to an activating group) is 1. The van der Waals surface area contributed by atoms with Crippen LogP contribution in [-0.4, -0.2) is 48.5 Å². The number of hydrogen-bond acceptors (Lipinski definition) is 5. The van der Waals surface area contributed by atoms with Gasteiger partial charge in [0.05, 0.1) is 17.5 Å². The molecule has 2 aromatic rings. The number of ether oxygens (including phenoxy) is 1. The molecule has 34 heavy (non-hydrogen) atoms. The first kappa shape index (κ1) is 24.0. The highest BCUT2D eigenvalue weighted by molar-refractivity contribution is 5.82. The van der Waals surface area contributed by atoms with Gasteiger partial charge in [-0.1, -0.05) is 24.3 Å². The van der Waals surface area contributed by atoms with Crippen LogP contribution >= 0.6 is 0 Å². The summed E-state index contributed by atoms with van der Waals surface area (Å²) in [6.45, 7) is 0.0491. The van der Waals surface area contributed by atoms with Gasteiger partial charge in [-0.05, 0) is 55.4 Å². The molecule has 0 saturated carbocycles. The number of piperidine rings is 1. The van der Waals surface area contributed by atoms with Gasteiger partial charge < -0.3 is 14.5 Å². The Balaban J connectivity index is 1.36. The van der Waals surface area contributed by atoms with Crippen molar-refractivity contribution in [2.45, 2.75) is 44.3 Å². The maximum atomic E-state index is 13.4. The molecule has 1 aliphatic heterocycles. The molecule has 1 amide bonds. The number of aromatic nitrogens is 1. The van der Waals surface area contributed by atoms with Crippen molar-refractivity contribution in [2.24, 2.45) is 5.92 Å². The Labute approximate surface area is 196 Å². The number of pyridine rings is 1. The number of alkyl halides is 3. The third kappa shape index (κ3) is 5.18. The number of nitrogens with zero attached hydrogens (tertiary/aromatic N) is 3. The number of benzene rings is 1. The standard InChI is InChI=1S/C25H28F3N3O3/c1-30(21-12-4-8-17-7-2-3-10-19(17)21)22(32)16-34-24(33)18-9-6-14-31(15-18)23-20(25(26,27)28)11-5-13-29-23/h2-3,5,7,10-11,13,18,21H,4,6,8-9,12,14-16H2,1H3. The van der Waals surface area contributed by atoms with Gasteiger partial charge in [-0.15, -0.1) is 0 Å². The minimum atomic E-state index is -4.54. The first-order valence-corrected chi connectivity index (χ1v) is 11.5. The van der Waals surface area contributed by atoms with E-state index in [1.54, 1.807) is 11.9 Å². The van der Waals surface area contributed by atoms with Crippen molar-refractivity contribution in [2.75, 3.05) is 31.6 Å². The van der Waals surface area contributed by atoms with Gasteiger partial charge in [0, 0.05) is 26.3 Å². The van der Waals surface area contributed by atoms with Crippen molar-refractivity contribution in [1.82, 2.24) is 9.88 Å². The molecule has 0 radical (unpaired) electrons. The van der Waals surface area contributed by atoms with Gasteiger partial charge in [0.2, 0.25) is 0 Å². The smallest absolute Gasteiger partial charge is 0.419 e. The summed E-state index contributed by atoms with van der Waals surface area (Å²) in [6, 6.07) is 10.2. The molecule has 182 valence electrons. The van der Waals surface area contributed by atoms with E-state index in [0.29, 0.717) is 19.4 Å². The van der Waals surface area contributed by atoms with E-state index < -0.39 is 23.6 Å². The largest absolute Gasteiger partial charge is 0.455 e. The van der Waals surface area contributed by atoms with Crippen LogP contribution in [0.2, 0.25) is 0 Å². The molecular formula is C25H28F3N3O3. The minimum absolute atomic E-state index is 0.0636. The van der Waals surface area contributed by atoms with Gasteiger partial charge in [0.25, 0.3) is 5.91 Å². The van der Waals surface area contributed by atoms with Crippen LogP contribution in [0.3, 0.4) is 0 Å². The number of amides is 1. The highest BCUT2D eigenvalue weighted by atomic mass is 19.4. The number of rotatable bonds is 5. The molecule has 0 bridgehead atoms. The molecule has 1 aromatic carbocycles. The summed E-state index contributed by atoms with van der Waals surface area (Å²) >= 11 is 0. The molecule has 6 nitrogen and oxygen atoms in total. The van der Waals surface area contributed by atoms with Gasteiger partial charge in [-0.3, -0.25) is 9.59 Å². The summed E-state index contributed by atoms with van der Waals surface area (Å²) in [4.78, 5) is 32.5. The number of fused-ring (bicyclic) bond motifs is 1. The summed E-state index contributed by atoms with van der Waals surface area (Å²) in [7, 11) is 1.71. The Morgan fingerprint density at radius 3 is 2.74 bits per heavy atom. The number of aryl methyl sites for hydroxylation is 1. The lowest BCUT2D eigenvalue weighted by Crippen LogP contribution is -2.42. The van der Waals surface area contributed by atoms with Crippen molar-refractivity contribution in [1.29, 1.82) is 0 Å². The predicted molar refractivity (Wildman–Crippen MR) is 120 cm³/mol. The normalized spacial score (nSPS) is 20.4. The maximum absolute atomic E-state index is 13.4. The molecule has 4 rings (SSSR count). The lowest BCUT2D eigenvalue weighted by molar-refractivity contribution is -0.156. The molecule has 2 heterocycles. The molecular weight excluding hydrogens is 447 g/mol. The first-order chi connectivity index (χ1) is 16.3. The molecule has 2 unspecified atom stereocenters. The third-order valence-corrected chi connectivity index (χ3v) is 6.68. The van der Waals surface area contributed by atoms with Gasteiger partial charge in [-0.25, -0.2) is 4.98 Å². The lowest BCUT2D eigenvalue weighted by Gasteiger charge is -2.34. The summed E-state index contributed by atoms with van der Waals surface area (Å²) in [5.74, 6) is -1.67. The molecule has 2 atom stereocenters. The molecule has 0 N–H and O–H groups in total. The van der Waals surface area contributed by atoms with E-state index in [0.717, 1.165) is 30.9 Å². The SMILES string of the molecule is CN(C(=O)COC(=O)C1CCCN(c2ncccc2C(F)(F)F)C1)C1CCCc2ccccc21. The molecule has 9 heteroatoms. The summed E-state index contributed by atoms with van der Waals surface area (Å²) in [6.07, 6.45) is 0.592. The van der Waals surface area contributed by atoms with E-state index in [4.69, 9.17) is 4.74 Å². The minimum Gasteiger partial charge on any atom is -0.455 e. The van der Waals surface area contributed by atoms with E-state index in [9.17, 15) is 22.8 Å². The predicted octanol–water partition coefficient (Wildman–Crippen LogP) is 4.40. The number of halogens is 3. The Kier molecular flexibility index (Phi) is 7.09. The zero-order valence-corrected chi connectivity index (χ0v) is 19.1. The van der Waals surface area contributed by atoms with E-state index in [1.165, 1.54) is 22.7 Å². The van der Waals surface area contributed by atoms with Gasteiger partial charge in [0.15, 0.2) is 6.61 Å². The summed E-state index contributed by atoms with van der Waals surface area (Å²) in [5.41, 5.74) is 1.52. The second kappa shape index (κ2) is 10.0.